The fourth-order valence-electron chi connectivity index (χ4n) is 2.54. The van der Waals surface area contributed by atoms with Crippen molar-refractivity contribution in [2.24, 2.45) is 0 Å². The van der Waals surface area contributed by atoms with Gasteiger partial charge in [-0.1, -0.05) is 40.9 Å². The average molecular weight is 413 g/mol. The molecule has 2 N–H and O–H groups in total. The van der Waals surface area contributed by atoms with Crippen molar-refractivity contribution in [1.82, 2.24) is 4.72 Å². The summed E-state index contributed by atoms with van der Waals surface area (Å²) < 4.78 is 27.5. The lowest BCUT2D eigenvalue weighted by molar-refractivity contribution is 0.102. The zero-order valence-electron chi connectivity index (χ0n) is 14.3. The first kappa shape index (κ1) is 19.2. The zero-order valence-corrected chi connectivity index (χ0v) is 16.6. The molecule has 1 aliphatic carbocycles. The molecule has 8 heteroatoms. The summed E-state index contributed by atoms with van der Waals surface area (Å²) in [7, 11) is -3.81. The molecule has 26 heavy (non-hydrogen) atoms. The second-order valence-corrected chi connectivity index (χ2v) is 8.93. The van der Waals surface area contributed by atoms with Gasteiger partial charge < -0.3 is 5.32 Å². The molecule has 0 unspecified atom stereocenters. The Morgan fingerprint density at radius 3 is 2.38 bits per heavy atom. The quantitative estimate of drug-likeness (QED) is 0.768. The summed E-state index contributed by atoms with van der Waals surface area (Å²) >= 11 is 12.2. The van der Waals surface area contributed by atoms with Gasteiger partial charge in [0.1, 0.15) is 4.90 Å². The van der Waals surface area contributed by atoms with Crippen molar-refractivity contribution in [1.29, 1.82) is 0 Å². The maximum absolute atomic E-state index is 12.6. The molecule has 1 saturated carbocycles. The first-order valence-corrected chi connectivity index (χ1v) is 10.3. The maximum Gasteiger partial charge on any atom is 0.257 e. The van der Waals surface area contributed by atoms with Crippen LogP contribution < -0.4 is 10.0 Å². The minimum Gasteiger partial charge on any atom is -0.322 e. The molecular weight excluding hydrogens is 395 g/mol. The summed E-state index contributed by atoms with van der Waals surface area (Å²) in [4.78, 5) is 12.5. The summed E-state index contributed by atoms with van der Waals surface area (Å²) in [5, 5.41) is 2.83. The largest absolute Gasteiger partial charge is 0.322 e. The second kappa shape index (κ2) is 7.19. The molecule has 2 aromatic rings. The van der Waals surface area contributed by atoms with Crippen molar-refractivity contribution in [2.45, 2.75) is 37.6 Å². The summed E-state index contributed by atoms with van der Waals surface area (Å²) in [5.74, 6) is -0.499. The van der Waals surface area contributed by atoms with Crippen LogP contribution in [0.15, 0.2) is 35.2 Å². The number of amides is 1. The van der Waals surface area contributed by atoms with Crippen molar-refractivity contribution in [3.63, 3.8) is 0 Å². The fourth-order valence-corrected chi connectivity index (χ4v) is 4.70. The molecule has 138 valence electrons. The van der Waals surface area contributed by atoms with Crippen molar-refractivity contribution in [3.05, 3.63) is 57.1 Å². The van der Waals surface area contributed by atoms with E-state index in [9.17, 15) is 13.2 Å². The molecule has 0 heterocycles. The predicted octanol–water partition coefficient (Wildman–Crippen LogP) is 4.30. The number of rotatable bonds is 5. The van der Waals surface area contributed by atoms with E-state index in [1.54, 1.807) is 6.07 Å². The normalized spacial score (nSPS) is 14.3. The van der Waals surface area contributed by atoms with Gasteiger partial charge in [-0.3, -0.25) is 4.79 Å². The summed E-state index contributed by atoms with van der Waals surface area (Å²) in [6.07, 6.45) is 1.59. The van der Waals surface area contributed by atoms with E-state index in [1.807, 2.05) is 26.0 Å². The smallest absolute Gasteiger partial charge is 0.257 e. The molecule has 0 saturated heterocycles. The Labute approximate surface area is 162 Å². The molecule has 0 aliphatic heterocycles. The predicted molar refractivity (Wildman–Crippen MR) is 104 cm³/mol. The number of anilines is 1. The third-order valence-electron chi connectivity index (χ3n) is 4.08. The Kier molecular flexibility index (Phi) is 5.30. The van der Waals surface area contributed by atoms with E-state index in [-0.39, 0.29) is 26.5 Å². The molecular formula is C18H18Cl2N2O3S. The fraction of sp³-hybridized carbons (Fsp3) is 0.278. The van der Waals surface area contributed by atoms with Crippen molar-refractivity contribution >= 4 is 44.8 Å². The Hall–Kier alpha value is -1.60. The van der Waals surface area contributed by atoms with E-state index >= 15 is 0 Å². The Bertz CT molecular complexity index is 986. The van der Waals surface area contributed by atoms with Gasteiger partial charge in [0.05, 0.1) is 15.6 Å². The van der Waals surface area contributed by atoms with Gasteiger partial charge in [-0.15, -0.1) is 0 Å². The first-order chi connectivity index (χ1) is 12.2. The number of carbonyl (C=O) groups excluding carboxylic acids is 1. The van der Waals surface area contributed by atoms with Gasteiger partial charge in [0, 0.05) is 11.7 Å². The number of hydrogen-bond acceptors (Lipinski definition) is 3. The molecule has 2 aromatic carbocycles. The van der Waals surface area contributed by atoms with Gasteiger partial charge in [0.15, 0.2) is 0 Å². The van der Waals surface area contributed by atoms with Crippen molar-refractivity contribution in [2.75, 3.05) is 5.32 Å². The van der Waals surface area contributed by atoms with Gasteiger partial charge in [-0.05, 0) is 50.5 Å². The van der Waals surface area contributed by atoms with Crippen molar-refractivity contribution < 1.29 is 13.2 Å². The monoisotopic (exact) mass is 412 g/mol. The lowest BCUT2D eigenvalue weighted by atomic mass is 10.1. The van der Waals surface area contributed by atoms with Crippen LogP contribution in [0.4, 0.5) is 5.69 Å². The Balaban J connectivity index is 1.93. The SMILES string of the molecule is Cc1ccc(NC(=O)c2cc(S(=O)(=O)NC3CC3)c(Cl)cc2Cl)c(C)c1. The number of carbonyl (C=O) groups is 1. The summed E-state index contributed by atoms with van der Waals surface area (Å²) in [5.41, 5.74) is 2.65. The van der Waals surface area contributed by atoms with Crippen LogP contribution in [-0.2, 0) is 10.0 Å². The Morgan fingerprint density at radius 2 is 1.77 bits per heavy atom. The molecule has 0 atom stereocenters. The number of hydrogen-bond donors (Lipinski definition) is 2. The standard InChI is InChI=1S/C18H18Cl2N2O3S/c1-10-3-6-16(11(2)7-10)21-18(23)13-8-17(15(20)9-14(13)19)26(24,25)22-12-4-5-12/h3,6-9,12,22H,4-5H2,1-2H3,(H,21,23). The highest BCUT2D eigenvalue weighted by Crippen LogP contribution is 2.31. The molecule has 3 rings (SSSR count). The average Bonchev–Trinajstić information content (AvgIpc) is 3.33. The number of halogens is 2. The molecule has 0 radical (unpaired) electrons. The minimum absolute atomic E-state index is 0.0220. The maximum atomic E-state index is 12.6. The van der Waals surface area contributed by atoms with Crippen LogP contribution in [0.25, 0.3) is 0 Å². The molecule has 1 aliphatic rings. The highest BCUT2D eigenvalue weighted by Gasteiger charge is 2.30. The van der Waals surface area contributed by atoms with Gasteiger partial charge in [0.2, 0.25) is 10.0 Å². The van der Waals surface area contributed by atoms with Crippen molar-refractivity contribution in [3.8, 4) is 0 Å². The molecule has 5 nitrogen and oxygen atoms in total. The van der Waals surface area contributed by atoms with Gasteiger partial charge in [-0.2, -0.15) is 0 Å². The summed E-state index contributed by atoms with van der Waals surface area (Å²) in [6.45, 7) is 3.83. The summed E-state index contributed by atoms with van der Waals surface area (Å²) in [6, 6.07) is 8.03. The van der Waals surface area contributed by atoms with E-state index in [2.05, 4.69) is 10.0 Å². The van der Waals surface area contributed by atoms with Crippen LogP contribution >= 0.6 is 23.2 Å². The molecule has 0 aromatic heterocycles. The lowest BCUT2D eigenvalue weighted by Crippen LogP contribution is -2.26. The van der Waals surface area contributed by atoms with E-state index in [4.69, 9.17) is 23.2 Å². The number of sulfonamides is 1. The third-order valence-corrected chi connectivity index (χ3v) is 6.38. The van der Waals surface area contributed by atoms with Crippen LogP contribution in [0.3, 0.4) is 0 Å². The van der Waals surface area contributed by atoms with Gasteiger partial charge >= 0.3 is 0 Å². The lowest BCUT2D eigenvalue weighted by Gasteiger charge is -2.13. The third kappa shape index (κ3) is 4.20. The number of benzene rings is 2. The first-order valence-electron chi connectivity index (χ1n) is 8.07. The van der Waals surface area contributed by atoms with E-state index in [1.165, 1.54) is 12.1 Å². The van der Waals surface area contributed by atoms with Gasteiger partial charge in [0.25, 0.3) is 5.91 Å². The van der Waals surface area contributed by atoms with Crippen LogP contribution in [0.1, 0.15) is 34.3 Å². The molecule has 1 fully saturated rings. The van der Waals surface area contributed by atoms with E-state index in [0.717, 1.165) is 24.0 Å². The molecule has 1 amide bonds. The number of nitrogens with one attached hydrogen (secondary N) is 2. The van der Waals surface area contributed by atoms with Crippen LogP contribution in [0.5, 0.6) is 0 Å². The Morgan fingerprint density at radius 1 is 1.08 bits per heavy atom. The van der Waals surface area contributed by atoms with Crippen LogP contribution in [-0.4, -0.2) is 20.4 Å². The topological polar surface area (TPSA) is 75.3 Å². The highest BCUT2D eigenvalue weighted by molar-refractivity contribution is 7.89. The molecule has 0 spiro atoms. The number of aryl methyl sites for hydroxylation is 2. The molecule has 0 bridgehead atoms. The van der Waals surface area contributed by atoms with Crippen LogP contribution in [0.2, 0.25) is 10.0 Å². The van der Waals surface area contributed by atoms with E-state index in [0.29, 0.717) is 5.69 Å². The van der Waals surface area contributed by atoms with Crippen LogP contribution in [0, 0.1) is 13.8 Å². The van der Waals surface area contributed by atoms with E-state index < -0.39 is 15.9 Å². The second-order valence-electron chi connectivity index (χ2n) is 6.43. The van der Waals surface area contributed by atoms with Gasteiger partial charge in [-0.25, -0.2) is 13.1 Å². The highest BCUT2D eigenvalue weighted by atomic mass is 35.5. The minimum atomic E-state index is -3.81. The zero-order chi connectivity index (χ0) is 19.1.